The maximum absolute atomic E-state index is 13.0. The molecule has 41 heavy (non-hydrogen) atoms. The normalized spacial score (nSPS) is 13.2. The molecule has 3 aromatic rings. The molecule has 218 valence electrons. The Balaban J connectivity index is 1.75. The summed E-state index contributed by atoms with van der Waals surface area (Å²) in [5, 5.41) is 42.4. The molecule has 2 aromatic heterocycles. The number of amides is 1. The van der Waals surface area contributed by atoms with Crippen molar-refractivity contribution in [2.24, 2.45) is 11.7 Å². The number of carboxylic acid groups (broad SMARTS) is 3. The first-order chi connectivity index (χ1) is 19.3. The monoisotopic (exact) mass is 588 g/mol. The van der Waals surface area contributed by atoms with Gasteiger partial charge in [-0.1, -0.05) is 0 Å². The highest BCUT2D eigenvalue weighted by molar-refractivity contribution is 7.17. The lowest BCUT2D eigenvalue weighted by molar-refractivity contribution is -0.148. The smallest absolute Gasteiger partial charge is 0.320 e. The number of aliphatic carboxylic acids is 3. The fourth-order valence-corrected chi connectivity index (χ4v) is 4.99. The van der Waals surface area contributed by atoms with Gasteiger partial charge in [-0.2, -0.15) is 4.98 Å². The molecule has 0 aliphatic carbocycles. The van der Waals surface area contributed by atoms with Crippen molar-refractivity contribution >= 4 is 62.8 Å². The number of rotatable bonds is 14. The zero-order chi connectivity index (χ0) is 30.4. The first-order valence-electron chi connectivity index (χ1n) is 12.1. The molecule has 0 saturated heterocycles. The Morgan fingerprint density at radius 3 is 2.29 bits per heavy atom. The van der Waals surface area contributed by atoms with Gasteiger partial charge in [0.2, 0.25) is 11.8 Å². The molecular weight excluding hydrogens is 560 g/mol. The Morgan fingerprint density at radius 1 is 1.05 bits per heavy atom. The van der Waals surface area contributed by atoms with Crippen LogP contribution in [0, 0.1) is 5.92 Å². The average molecular weight is 589 g/mol. The van der Waals surface area contributed by atoms with Gasteiger partial charge in [0.05, 0.1) is 11.4 Å². The van der Waals surface area contributed by atoms with E-state index < -0.39 is 66.9 Å². The number of nitrogens with zero attached hydrogens (tertiary/aromatic N) is 3. The van der Waals surface area contributed by atoms with E-state index in [0.717, 1.165) is 5.56 Å². The molecule has 0 saturated carbocycles. The SMILES string of the molecule is CN(Cc1csc2nc(N)nc(O)c12)c1ccc(C(=O)N[C@@H](CCC(=O)O)C(=O)C(C[C@H](N)C(=O)O)C(=O)O)cc1. The van der Waals surface area contributed by atoms with E-state index in [0.29, 0.717) is 22.4 Å². The number of ketones is 1. The Kier molecular flexibility index (Phi) is 9.75. The van der Waals surface area contributed by atoms with Crippen LogP contribution in [0.1, 0.15) is 35.2 Å². The molecule has 0 spiro atoms. The summed E-state index contributed by atoms with van der Waals surface area (Å²) in [5.74, 6) is -8.40. The van der Waals surface area contributed by atoms with E-state index >= 15 is 0 Å². The number of hydrogen-bond acceptors (Lipinski definition) is 12. The molecule has 0 radical (unpaired) electrons. The maximum Gasteiger partial charge on any atom is 0.320 e. The molecule has 1 amide bonds. The number of benzene rings is 1. The van der Waals surface area contributed by atoms with Crippen molar-refractivity contribution in [3.8, 4) is 5.88 Å². The molecule has 0 aliphatic heterocycles. The van der Waals surface area contributed by atoms with Gasteiger partial charge in [0.15, 0.2) is 5.78 Å². The number of nitrogens with two attached hydrogens (primary N) is 2. The zero-order valence-electron chi connectivity index (χ0n) is 21.7. The number of Topliss-reactive ketones (excluding diaryl/α,β-unsaturated/α-hetero) is 1. The number of carbonyl (C=O) groups is 5. The van der Waals surface area contributed by atoms with E-state index in [1.807, 2.05) is 10.3 Å². The number of aromatic hydroxyl groups is 1. The van der Waals surface area contributed by atoms with Gasteiger partial charge in [-0.05, 0) is 48.1 Å². The van der Waals surface area contributed by atoms with Gasteiger partial charge in [0.25, 0.3) is 5.91 Å². The largest absolute Gasteiger partial charge is 0.493 e. The average Bonchev–Trinajstić information content (AvgIpc) is 3.31. The second-order valence-electron chi connectivity index (χ2n) is 9.18. The number of nitrogens with one attached hydrogen (secondary N) is 1. The van der Waals surface area contributed by atoms with E-state index in [1.165, 1.54) is 23.5 Å². The van der Waals surface area contributed by atoms with Crippen molar-refractivity contribution in [2.45, 2.75) is 37.9 Å². The Bertz CT molecular complexity index is 1480. The van der Waals surface area contributed by atoms with Gasteiger partial charge in [-0.25, -0.2) is 4.98 Å². The first kappa shape index (κ1) is 30.7. The van der Waals surface area contributed by atoms with Crippen LogP contribution in [0.2, 0.25) is 0 Å². The second kappa shape index (κ2) is 13.0. The van der Waals surface area contributed by atoms with Crippen molar-refractivity contribution < 1.29 is 44.4 Å². The highest BCUT2D eigenvalue weighted by atomic mass is 32.1. The van der Waals surface area contributed by atoms with Crippen molar-refractivity contribution in [1.29, 1.82) is 0 Å². The summed E-state index contributed by atoms with van der Waals surface area (Å²) < 4.78 is 0. The minimum atomic E-state index is -1.87. The number of hydrogen-bond donors (Lipinski definition) is 7. The number of aromatic nitrogens is 2. The third-order valence-corrected chi connectivity index (χ3v) is 7.15. The summed E-state index contributed by atoms with van der Waals surface area (Å²) in [6, 6.07) is 3.00. The molecule has 3 rings (SSSR count). The van der Waals surface area contributed by atoms with Crippen LogP contribution in [0.4, 0.5) is 11.6 Å². The lowest BCUT2D eigenvalue weighted by Crippen LogP contribution is -2.47. The van der Waals surface area contributed by atoms with Gasteiger partial charge in [-0.15, -0.1) is 11.3 Å². The fraction of sp³-hybridized carbons (Fsp3) is 0.320. The molecule has 1 unspecified atom stereocenters. The number of carbonyl (C=O) groups excluding carboxylic acids is 2. The predicted molar refractivity (Wildman–Crippen MR) is 147 cm³/mol. The van der Waals surface area contributed by atoms with Crippen LogP contribution in [-0.4, -0.2) is 79.1 Å². The third-order valence-electron chi connectivity index (χ3n) is 6.23. The highest BCUT2D eigenvalue weighted by Crippen LogP contribution is 2.32. The van der Waals surface area contributed by atoms with Crippen molar-refractivity contribution in [1.82, 2.24) is 15.3 Å². The summed E-state index contributed by atoms with van der Waals surface area (Å²) in [5.41, 5.74) is 12.5. The highest BCUT2D eigenvalue weighted by Gasteiger charge is 2.36. The van der Waals surface area contributed by atoms with Crippen molar-refractivity contribution in [3.05, 3.63) is 40.8 Å². The lowest BCUT2D eigenvalue weighted by atomic mass is 9.89. The standard InChI is InChI=1S/C25H28N6O9S/c1-31(9-12-10-41-22-18(12)21(36)29-25(27)30-22)13-4-2-11(3-5-13)20(35)28-16(6-7-17(32)33)19(34)14(23(37)38)8-15(26)24(39)40/h2-5,10,14-16H,6-9,26H2,1H3,(H,28,35)(H,32,33)(H,37,38)(H,39,40)(H3,27,29,30,36)/t14?,15-,16-/m0/s1. The molecule has 2 heterocycles. The molecule has 16 heteroatoms. The van der Waals surface area contributed by atoms with Gasteiger partial charge >= 0.3 is 17.9 Å². The maximum atomic E-state index is 13.0. The summed E-state index contributed by atoms with van der Waals surface area (Å²) in [7, 11) is 1.78. The molecule has 1 aromatic carbocycles. The van der Waals surface area contributed by atoms with Gasteiger partial charge < -0.3 is 42.1 Å². The molecule has 0 bridgehead atoms. The van der Waals surface area contributed by atoms with Crippen LogP contribution in [0.15, 0.2) is 29.6 Å². The van der Waals surface area contributed by atoms with Gasteiger partial charge in [0, 0.05) is 31.3 Å². The molecule has 15 nitrogen and oxygen atoms in total. The minimum absolute atomic E-state index is 0.0418. The van der Waals surface area contributed by atoms with Crippen molar-refractivity contribution in [2.75, 3.05) is 17.7 Å². The Labute approximate surface area is 236 Å². The van der Waals surface area contributed by atoms with E-state index in [1.54, 1.807) is 19.2 Å². The molecule has 0 aliphatic rings. The van der Waals surface area contributed by atoms with E-state index in [4.69, 9.17) is 21.7 Å². The number of nitrogen functional groups attached to an aromatic ring is 1. The van der Waals surface area contributed by atoms with Gasteiger partial charge in [0.1, 0.15) is 16.8 Å². The molecule has 9 N–H and O–H groups in total. The molecule has 0 fully saturated rings. The lowest BCUT2D eigenvalue weighted by Gasteiger charge is -2.22. The van der Waals surface area contributed by atoms with E-state index in [-0.39, 0.29) is 17.4 Å². The molecular formula is C25H28N6O9S. The van der Waals surface area contributed by atoms with Crippen LogP contribution in [0.5, 0.6) is 5.88 Å². The van der Waals surface area contributed by atoms with Crippen LogP contribution >= 0.6 is 11.3 Å². The number of thiophene rings is 1. The van der Waals surface area contributed by atoms with Gasteiger partial charge in [-0.3, -0.25) is 24.0 Å². The van der Waals surface area contributed by atoms with Crippen molar-refractivity contribution in [3.63, 3.8) is 0 Å². The Hall–Kier alpha value is -4.83. The predicted octanol–water partition coefficient (Wildman–Crippen LogP) is 0.651. The summed E-state index contributed by atoms with van der Waals surface area (Å²) in [6.07, 6.45) is -1.70. The Morgan fingerprint density at radius 2 is 1.71 bits per heavy atom. The molecule has 3 atom stereocenters. The fourth-order valence-electron chi connectivity index (χ4n) is 4.06. The van der Waals surface area contributed by atoms with Crippen LogP contribution in [-0.2, 0) is 25.7 Å². The summed E-state index contributed by atoms with van der Waals surface area (Å²) in [4.78, 5) is 70.1. The summed E-state index contributed by atoms with van der Waals surface area (Å²) >= 11 is 1.30. The topological polar surface area (TPSA) is 259 Å². The van der Waals surface area contributed by atoms with Crippen LogP contribution < -0.4 is 21.7 Å². The van der Waals surface area contributed by atoms with E-state index in [2.05, 4.69) is 15.3 Å². The first-order valence-corrected chi connectivity index (χ1v) is 13.0. The third kappa shape index (κ3) is 7.64. The quantitative estimate of drug-likeness (QED) is 0.128. The second-order valence-corrected chi connectivity index (χ2v) is 10.0. The number of carboxylic acids is 3. The summed E-state index contributed by atoms with van der Waals surface area (Å²) in [6.45, 7) is 0.354. The van der Waals surface area contributed by atoms with E-state index in [9.17, 15) is 34.2 Å². The number of anilines is 2. The van der Waals surface area contributed by atoms with Crippen LogP contribution in [0.3, 0.4) is 0 Å². The number of fused-ring (bicyclic) bond motifs is 1. The van der Waals surface area contributed by atoms with Crippen LogP contribution in [0.25, 0.3) is 10.2 Å². The zero-order valence-corrected chi connectivity index (χ0v) is 22.5. The minimum Gasteiger partial charge on any atom is -0.493 e.